The van der Waals surface area contributed by atoms with Gasteiger partial charge in [-0.2, -0.15) is 0 Å². The molecule has 0 atom stereocenters. The molecule has 24 heavy (non-hydrogen) atoms. The van der Waals surface area contributed by atoms with Crippen LogP contribution in [0.2, 0.25) is 10.0 Å². The van der Waals surface area contributed by atoms with Crippen molar-refractivity contribution in [1.29, 1.82) is 0 Å². The minimum atomic E-state index is -0.347. The fraction of sp³-hybridized carbons (Fsp3) is 0.111. The third-order valence-corrected chi connectivity index (χ3v) is 4.15. The maximum Gasteiger partial charge on any atom is 0.258 e. The highest BCUT2D eigenvalue weighted by molar-refractivity contribution is 6.35. The molecule has 0 N–H and O–H groups in total. The third-order valence-electron chi connectivity index (χ3n) is 3.62. The molecule has 0 radical (unpaired) electrons. The molecule has 1 aliphatic heterocycles. The lowest BCUT2D eigenvalue weighted by Gasteiger charge is -2.20. The Bertz CT molecular complexity index is 849. The average molecular weight is 362 g/mol. The molecule has 3 rings (SSSR count). The number of aryl methyl sites for hydroxylation is 2. The van der Waals surface area contributed by atoms with Crippen molar-refractivity contribution in [3.05, 3.63) is 63.7 Å². The van der Waals surface area contributed by atoms with Crippen molar-refractivity contribution in [2.45, 2.75) is 13.8 Å². The van der Waals surface area contributed by atoms with Gasteiger partial charge >= 0.3 is 0 Å². The zero-order chi connectivity index (χ0) is 17.4. The first-order valence-corrected chi connectivity index (χ1v) is 7.92. The van der Waals surface area contributed by atoms with Gasteiger partial charge in [-0.05, 0) is 55.3 Å². The van der Waals surface area contributed by atoms with E-state index in [1.165, 1.54) is 12.2 Å². The molecule has 0 aromatic heterocycles. The Kier molecular flexibility index (Phi) is 4.35. The molecule has 1 aliphatic rings. The molecule has 4 nitrogen and oxygen atoms in total. The maximum absolute atomic E-state index is 11.9. The number of benzene rings is 2. The molecule has 0 fully saturated rings. The van der Waals surface area contributed by atoms with Gasteiger partial charge < -0.3 is 4.74 Å². The summed E-state index contributed by atoms with van der Waals surface area (Å²) in [5, 5.41) is 0.921. The minimum absolute atomic E-state index is 0.347. The van der Waals surface area contributed by atoms with Gasteiger partial charge in [0.1, 0.15) is 11.5 Å². The third kappa shape index (κ3) is 3.03. The summed E-state index contributed by atoms with van der Waals surface area (Å²) < 4.78 is 5.80. The summed E-state index contributed by atoms with van der Waals surface area (Å²) in [6, 6.07) is 8.48. The van der Waals surface area contributed by atoms with E-state index in [0.29, 0.717) is 27.2 Å². The molecule has 1 heterocycles. The molecule has 2 aromatic carbocycles. The fourth-order valence-electron chi connectivity index (χ4n) is 2.63. The van der Waals surface area contributed by atoms with Crippen molar-refractivity contribution in [2.75, 3.05) is 4.90 Å². The minimum Gasteiger partial charge on any atom is -0.456 e. The first kappa shape index (κ1) is 16.6. The summed E-state index contributed by atoms with van der Waals surface area (Å²) in [5.74, 6) is 0.342. The molecule has 2 aromatic rings. The van der Waals surface area contributed by atoms with E-state index in [4.69, 9.17) is 27.9 Å². The Labute approximate surface area is 149 Å². The van der Waals surface area contributed by atoms with Crippen LogP contribution in [0.1, 0.15) is 11.1 Å². The Morgan fingerprint density at radius 3 is 2.04 bits per heavy atom. The molecule has 122 valence electrons. The van der Waals surface area contributed by atoms with Crippen molar-refractivity contribution in [3.8, 4) is 11.5 Å². The number of amides is 2. The van der Waals surface area contributed by atoms with Crippen molar-refractivity contribution in [3.63, 3.8) is 0 Å². The number of anilines is 1. The number of halogens is 2. The normalized spacial score (nSPS) is 13.8. The zero-order valence-electron chi connectivity index (χ0n) is 13.0. The molecule has 0 aliphatic carbocycles. The van der Waals surface area contributed by atoms with Gasteiger partial charge in [-0.1, -0.05) is 23.2 Å². The second kappa shape index (κ2) is 6.30. The number of hydrogen-bond donors (Lipinski definition) is 0. The van der Waals surface area contributed by atoms with E-state index in [2.05, 4.69) is 0 Å². The Hall–Kier alpha value is -2.30. The molecule has 0 saturated heterocycles. The lowest BCUT2D eigenvalue weighted by atomic mass is 10.1. The first-order chi connectivity index (χ1) is 11.4. The van der Waals surface area contributed by atoms with Crippen LogP contribution in [0.4, 0.5) is 5.69 Å². The second-order valence-corrected chi connectivity index (χ2v) is 6.27. The first-order valence-electron chi connectivity index (χ1n) is 7.17. The highest BCUT2D eigenvalue weighted by atomic mass is 35.5. The van der Waals surface area contributed by atoms with Crippen LogP contribution in [-0.2, 0) is 9.59 Å². The van der Waals surface area contributed by atoms with Crippen molar-refractivity contribution < 1.29 is 14.3 Å². The molecule has 0 bridgehead atoms. The van der Waals surface area contributed by atoms with Gasteiger partial charge in [0.05, 0.1) is 10.7 Å². The van der Waals surface area contributed by atoms with Crippen LogP contribution in [0.25, 0.3) is 0 Å². The number of ether oxygens (including phenoxy) is 1. The number of hydrogen-bond acceptors (Lipinski definition) is 3. The average Bonchev–Trinajstić information content (AvgIpc) is 2.82. The lowest BCUT2D eigenvalue weighted by molar-refractivity contribution is -0.120. The Morgan fingerprint density at radius 1 is 0.917 bits per heavy atom. The van der Waals surface area contributed by atoms with Gasteiger partial charge in [-0.25, -0.2) is 4.90 Å². The Morgan fingerprint density at radius 2 is 1.50 bits per heavy atom. The van der Waals surface area contributed by atoms with Crippen LogP contribution in [0.15, 0.2) is 42.5 Å². The van der Waals surface area contributed by atoms with E-state index >= 15 is 0 Å². The standard InChI is InChI=1S/C18H13Cl2NO3/c1-10-7-13(24-15-4-3-12(19)9-14(15)20)8-11(2)18(10)21-16(22)5-6-17(21)23/h3-9H,1-2H3. The number of imide groups is 1. The monoisotopic (exact) mass is 361 g/mol. The lowest BCUT2D eigenvalue weighted by Crippen LogP contribution is -2.30. The highest BCUT2D eigenvalue weighted by Gasteiger charge is 2.28. The largest absolute Gasteiger partial charge is 0.456 e. The van der Waals surface area contributed by atoms with Crippen molar-refractivity contribution in [1.82, 2.24) is 0 Å². The molecular formula is C18H13Cl2NO3. The SMILES string of the molecule is Cc1cc(Oc2ccc(Cl)cc2Cl)cc(C)c1N1C(=O)C=CC1=O. The van der Waals surface area contributed by atoms with E-state index in [0.717, 1.165) is 16.0 Å². The quantitative estimate of drug-likeness (QED) is 0.735. The number of nitrogens with zero attached hydrogens (tertiary/aromatic N) is 1. The second-order valence-electron chi connectivity index (χ2n) is 5.43. The van der Waals surface area contributed by atoms with E-state index in [-0.39, 0.29) is 11.8 Å². The van der Waals surface area contributed by atoms with Crippen LogP contribution in [0, 0.1) is 13.8 Å². The van der Waals surface area contributed by atoms with Gasteiger partial charge in [0.2, 0.25) is 0 Å². The summed E-state index contributed by atoms with van der Waals surface area (Å²) in [6.07, 6.45) is 2.53. The van der Waals surface area contributed by atoms with Crippen LogP contribution >= 0.6 is 23.2 Å². The summed E-state index contributed by atoms with van der Waals surface area (Å²) >= 11 is 12.0. The molecular weight excluding hydrogens is 349 g/mol. The Balaban J connectivity index is 1.95. The summed E-state index contributed by atoms with van der Waals surface area (Å²) in [7, 11) is 0. The zero-order valence-corrected chi connectivity index (χ0v) is 14.5. The highest BCUT2D eigenvalue weighted by Crippen LogP contribution is 2.36. The van der Waals surface area contributed by atoms with Crippen LogP contribution in [0.5, 0.6) is 11.5 Å². The van der Waals surface area contributed by atoms with Crippen LogP contribution in [-0.4, -0.2) is 11.8 Å². The van der Waals surface area contributed by atoms with E-state index in [1.54, 1.807) is 30.3 Å². The van der Waals surface area contributed by atoms with Gasteiger partial charge in [-0.3, -0.25) is 9.59 Å². The van der Waals surface area contributed by atoms with Crippen LogP contribution in [0.3, 0.4) is 0 Å². The maximum atomic E-state index is 11.9. The number of rotatable bonds is 3. The smallest absolute Gasteiger partial charge is 0.258 e. The van der Waals surface area contributed by atoms with Crippen molar-refractivity contribution in [2.24, 2.45) is 0 Å². The van der Waals surface area contributed by atoms with Gasteiger partial charge in [-0.15, -0.1) is 0 Å². The van der Waals surface area contributed by atoms with E-state index in [9.17, 15) is 9.59 Å². The molecule has 2 amide bonds. The van der Waals surface area contributed by atoms with Gasteiger partial charge in [0.15, 0.2) is 0 Å². The van der Waals surface area contributed by atoms with E-state index < -0.39 is 0 Å². The number of carbonyl (C=O) groups is 2. The predicted octanol–water partition coefficient (Wildman–Crippen LogP) is 4.83. The van der Waals surface area contributed by atoms with Gasteiger partial charge in [0.25, 0.3) is 11.8 Å². The molecule has 0 unspecified atom stereocenters. The van der Waals surface area contributed by atoms with Crippen molar-refractivity contribution >= 4 is 40.7 Å². The topological polar surface area (TPSA) is 46.6 Å². The summed E-state index contributed by atoms with van der Waals surface area (Å²) in [6.45, 7) is 3.63. The molecule has 6 heteroatoms. The van der Waals surface area contributed by atoms with E-state index in [1.807, 2.05) is 13.8 Å². The summed E-state index contributed by atoms with van der Waals surface area (Å²) in [5.41, 5.74) is 2.07. The van der Waals surface area contributed by atoms with Crippen LogP contribution < -0.4 is 9.64 Å². The summed E-state index contributed by atoms with van der Waals surface area (Å²) in [4.78, 5) is 25.0. The number of carbonyl (C=O) groups excluding carboxylic acids is 2. The van der Waals surface area contributed by atoms with Gasteiger partial charge in [0, 0.05) is 17.2 Å². The fourth-order valence-corrected chi connectivity index (χ4v) is 3.08. The predicted molar refractivity (Wildman–Crippen MR) is 94.1 cm³/mol. The molecule has 0 saturated carbocycles. The molecule has 0 spiro atoms.